The molecule has 2 aliphatic heterocycles. The second-order valence-corrected chi connectivity index (χ2v) is 10.8. The lowest BCUT2D eigenvalue weighted by molar-refractivity contribution is -0.137. The molecule has 3 amide bonds. The first-order valence-corrected chi connectivity index (χ1v) is 13.5. The normalized spacial score (nSPS) is 19.6. The predicted octanol–water partition coefficient (Wildman–Crippen LogP) is 5.70. The molecule has 0 saturated carbocycles. The zero-order valence-electron chi connectivity index (χ0n) is 20.3. The topological polar surface area (TPSA) is 90.7 Å². The van der Waals surface area contributed by atoms with Crippen LogP contribution in [0.2, 0.25) is 15.1 Å². The van der Waals surface area contributed by atoms with Crippen LogP contribution in [0.15, 0.2) is 36.4 Å². The Balaban J connectivity index is 1.36. The number of benzene rings is 2. The zero-order valence-corrected chi connectivity index (χ0v) is 22.5. The third kappa shape index (κ3) is 6.50. The predicted molar refractivity (Wildman–Crippen MR) is 147 cm³/mol. The average molecular weight is 553 g/mol. The number of nitrogens with one attached hydrogen (secondary N) is 2. The van der Waals surface area contributed by atoms with Gasteiger partial charge in [0.05, 0.1) is 16.8 Å². The quantitative estimate of drug-likeness (QED) is 0.429. The first-order chi connectivity index (χ1) is 17.2. The maximum absolute atomic E-state index is 13.1. The highest BCUT2D eigenvalue weighted by Crippen LogP contribution is 2.34. The van der Waals surface area contributed by atoms with E-state index in [-0.39, 0.29) is 23.9 Å². The molecule has 2 aromatic rings. The standard InChI is InChI=1S/C26H32Cl3N5O2/c1-16(21-6-4-18(27)13-23(21)29)31-24-14-20(5-7-22(24)28)33-11-8-17(9-12-33)25(35)34-10-2-3-19(15-34)32-26(30)36/h4-7,13-14,16-17,19,31H,2-3,8-12,15H2,1H3,(H3,30,32,36)/t16-,19?/m1/s1. The van der Waals surface area contributed by atoms with E-state index >= 15 is 0 Å². The highest BCUT2D eigenvalue weighted by atomic mass is 35.5. The number of rotatable bonds is 6. The second kappa shape index (κ2) is 11.8. The first-order valence-electron chi connectivity index (χ1n) is 12.3. The summed E-state index contributed by atoms with van der Waals surface area (Å²) < 4.78 is 0. The van der Waals surface area contributed by atoms with E-state index in [1.54, 1.807) is 6.07 Å². The molecule has 36 heavy (non-hydrogen) atoms. The fourth-order valence-corrected chi connectivity index (χ4v) is 5.87. The number of likely N-dealkylation sites (tertiary alicyclic amines) is 1. The van der Waals surface area contributed by atoms with Crippen molar-refractivity contribution in [3.63, 3.8) is 0 Å². The van der Waals surface area contributed by atoms with Crippen molar-refractivity contribution in [2.45, 2.75) is 44.7 Å². The van der Waals surface area contributed by atoms with Crippen molar-refractivity contribution in [1.29, 1.82) is 0 Å². The Morgan fingerprint density at radius 2 is 1.75 bits per heavy atom. The Kier molecular flexibility index (Phi) is 8.75. The van der Waals surface area contributed by atoms with Gasteiger partial charge in [0.1, 0.15) is 0 Å². The van der Waals surface area contributed by atoms with E-state index in [4.69, 9.17) is 40.5 Å². The molecule has 2 aliphatic rings. The highest BCUT2D eigenvalue weighted by molar-refractivity contribution is 6.35. The van der Waals surface area contributed by atoms with Crippen molar-refractivity contribution in [2.24, 2.45) is 11.7 Å². The third-order valence-electron chi connectivity index (χ3n) is 7.04. The van der Waals surface area contributed by atoms with Crippen molar-refractivity contribution in [2.75, 3.05) is 36.4 Å². The molecular weight excluding hydrogens is 521 g/mol. The van der Waals surface area contributed by atoms with Crippen LogP contribution in [0.25, 0.3) is 0 Å². The molecule has 0 aliphatic carbocycles. The summed E-state index contributed by atoms with van der Waals surface area (Å²) in [5.74, 6) is 0.170. The summed E-state index contributed by atoms with van der Waals surface area (Å²) in [5, 5.41) is 8.04. The maximum Gasteiger partial charge on any atom is 0.312 e. The van der Waals surface area contributed by atoms with Crippen LogP contribution in [0.1, 0.15) is 44.2 Å². The van der Waals surface area contributed by atoms with Gasteiger partial charge in [-0.3, -0.25) is 4.79 Å². The molecule has 2 aromatic carbocycles. The number of piperidine rings is 2. The number of anilines is 2. The van der Waals surface area contributed by atoms with E-state index in [0.29, 0.717) is 21.6 Å². The molecule has 10 heteroatoms. The lowest BCUT2D eigenvalue weighted by Crippen LogP contribution is -2.53. The second-order valence-electron chi connectivity index (χ2n) is 9.59. The van der Waals surface area contributed by atoms with Crippen LogP contribution in [-0.4, -0.2) is 49.1 Å². The van der Waals surface area contributed by atoms with E-state index in [0.717, 1.165) is 62.3 Å². The Hall–Kier alpha value is -2.35. The molecule has 4 rings (SSSR count). The summed E-state index contributed by atoms with van der Waals surface area (Å²) in [7, 11) is 0. The number of primary amides is 1. The van der Waals surface area contributed by atoms with Crippen LogP contribution in [0.3, 0.4) is 0 Å². The summed E-state index contributed by atoms with van der Waals surface area (Å²) in [5.41, 5.74) is 8.09. The molecular formula is C26H32Cl3N5O2. The molecule has 194 valence electrons. The van der Waals surface area contributed by atoms with E-state index in [1.165, 1.54) is 0 Å². The van der Waals surface area contributed by atoms with E-state index in [1.807, 2.05) is 36.1 Å². The molecule has 2 fully saturated rings. The minimum atomic E-state index is -0.537. The fourth-order valence-electron chi connectivity index (χ4n) is 5.12. The van der Waals surface area contributed by atoms with Gasteiger partial charge in [-0.2, -0.15) is 0 Å². The lowest BCUT2D eigenvalue weighted by atomic mass is 9.93. The van der Waals surface area contributed by atoms with Crippen LogP contribution >= 0.6 is 34.8 Å². The average Bonchev–Trinajstić information content (AvgIpc) is 2.85. The summed E-state index contributed by atoms with van der Waals surface area (Å²) in [6, 6.07) is 10.8. The minimum absolute atomic E-state index is 0.00876. The number of urea groups is 1. The van der Waals surface area contributed by atoms with Crippen molar-refractivity contribution < 1.29 is 9.59 Å². The Bertz CT molecular complexity index is 1110. The molecule has 2 heterocycles. The lowest BCUT2D eigenvalue weighted by Gasteiger charge is -2.38. The van der Waals surface area contributed by atoms with Gasteiger partial charge in [0.2, 0.25) is 5.91 Å². The molecule has 4 N–H and O–H groups in total. The number of amides is 3. The van der Waals surface area contributed by atoms with Gasteiger partial charge in [-0.05, 0) is 68.5 Å². The molecule has 7 nitrogen and oxygen atoms in total. The molecule has 0 radical (unpaired) electrons. The van der Waals surface area contributed by atoms with E-state index < -0.39 is 6.03 Å². The van der Waals surface area contributed by atoms with Crippen LogP contribution in [0.5, 0.6) is 0 Å². The monoisotopic (exact) mass is 551 g/mol. The van der Waals surface area contributed by atoms with Gasteiger partial charge in [-0.25, -0.2) is 4.79 Å². The molecule has 0 bridgehead atoms. The van der Waals surface area contributed by atoms with Gasteiger partial charge in [0.15, 0.2) is 0 Å². The number of nitrogens with zero attached hydrogens (tertiary/aromatic N) is 2. The largest absolute Gasteiger partial charge is 0.377 e. The van der Waals surface area contributed by atoms with E-state index in [9.17, 15) is 9.59 Å². The number of carbonyl (C=O) groups excluding carboxylic acids is 2. The number of halogens is 3. The molecule has 2 saturated heterocycles. The van der Waals surface area contributed by atoms with Gasteiger partial charge in [0, 0.05) is 53.9 Å². The fraction of sp³-hybridized carbons (Fsp3) is 0.462. The van der Waals surface area contributed by atoms with Gasteiger partial charge < -0.3 is 26.2 Å². The maximum atomic E-state index is 13.1. The SMILES string of the molecule is C[C@@H](Nc1cc(N2CCC(C(=O)N3CCCC(NC(N)=O)C3)CC2)ccc1Cl)c1ccc(Cl)cc1Cl. The molecule has 0 aromatic heterocycles. The van der Waals surface area contributed by atoms with Crippen LogP contribution < -0.4 is 21.3 Å². The minimum Gasteiger partial charge on any atom is -0.377 e. The number of nitrogens with two attached hydrogens (primary N) is 1. The van der Waals surface area contributed by atoms with Gasteiger partial charge in [0.25, 0.3) is 0 Å². The Labute approximate surface area is 227 Å². The Morgan fingerprint density at radius 1 is 1.00 bits per heavy atom. The van der Waals surface area contributed by atoms with Gasteiger partial charge in [-0.15, -0.1) is 0 Å². The Morgan fingerprint density at radius 3 is 2.44 bits per heavy atom. The van der Waals surface area contributed by atoms with Crippen molar-refractivity contribution in [3.8, 4) is 0 Å². The molecule has 0 spiro atoms. The first kappa shape index (κ1) is 26.7. The number of hydrogen-bond donors (Lipinski definition) is 3. The zero-order chi connectivity index (χ0) is 25.8. The summed E-state index contributed by atoms with van der Waals surface area (Å²) in [6.07, 6.45) is 3.29. The summed E-state index contributed by atoms with van der Waals surface area (Å²) in [6.45, 7) is 4.86. The molecule has 1 unspecified atom stereocenters. The van der Waals surface area contributed by atoms with Gasteiger partial charge in [-0.1, -0.05) is 40.9 Å². The number of carbonyl (C=O) groups is 2. The van der Waals surface area contributed by atoms with Crippen LogP contribution in [0, 0.1) is 5.92 Å². The number of hydrogen-bond acceptors (Lipinski definition) is 4. The smallest absolute Gasteiger partial charge is 0.312 e. The van der Waals surface area contributed by atoms with E-state index in [2.05, 4.69) is 21.6 Å². The summed E-state index contributed by atoms with van der Waals surface area (Å²) >= 11 is 18.9. The highest BCUT2D eigenvalue weighted by Gasteiger charge is 2.32. The van der Waals surface area contributed by atoms with Crippen molar-refractivity contribution in [3.05, 3.63) is 57.0 Å². The summed E-state index contributed by atoms with van der Waals surface area (Å²) in [4.78, 5) is 28.5. The third-order valence-corrected chi connectivity index (χ3v) is 7.93. The molecule has 2 atom stereocenters. The van der Waals surface area contributed by atoms with Crippen molar-refractivity contribution in [1.82, 2.24) is 10.2 Å². The van der Waals surface area contributed by atoms with Crippen LogP contribution in [-0.2, 0) is 4.79 Å². The van der Waals surface area contributed by atoms with Gasteiger partial charge >= 0.3 is 6.03 Å². The van der Waals surface area contributed by atoms with Crippen LogP contribution in [0.4, 0.5) is 16.2 Å². The van der Waals surface area contributed by atoms with Crippen molar-refractivity contribution >= 4 is 58.1 Å².